The molecule has 1 unspecified atom stereocenters. The lowest BCUT2D eigenvalue weighted by molar-refractivity contribution is -0.152. The summed E-state index contributed by atoms with van der Waals surface area (Å²) in [5.74, 6) is 0. The maximum absolute atomic E-state index is 11.7. The minimum Gasteiger partial charge on any atom is -0.168 e. The minimum absolute atomic E-state index is 0.256. The second-order valence-corrected chi connectivity index (χ2v) is 3.77. The summed E-state index contributed by atoms with van der Waals surface area (Å²) < 4.78 is 50.3. The van der Waals surface area contributed by atoms with Gasteiger partial charge in [-0.25, -0.2) is 0 Å². The van der Waals surface area contributed by atoms with Crippen molar-refractivity contribution in [2.75, 3.05) is 6.61 Å². The van der Waals surface area contributed by atoms with E-state index in [0.29, 0.717) is 0 Å². The van der Waals surface area contributed by atoms with Gasteiger partial charge >= 0.3 is 14.2 Å². The van der Waals surface area contributed by atoms with Gasteiger partial charge in [0.2, 0.25) is 5.30 Å². The van der Waals surface area contributed by atoms with Crippen molar-refractivity contribution >= 4 is 13.3 Å². The minimum atomic E-state index is -4.44. The predicted octanol–water partition coefficient (Wildman–Crippen LogP) is 2.63. The molecule has 76 valence electrons. The molecule has 1 atom stereocenters. The molecule has 0 heterocycles. The molecule has 0 radical (unpaired) electrons. The molecule has 2 nitrogen and oxygen atoms in total. The highest BCUT2D eigenvalue weighted by molar-refractivity contribution is 7.48. The molecule has 0 aliphatic carbocycles. The average molecular weight is 223 g/mol. The van der Waals surface area contributed by atoms with E-state index in [0.717, 1.165) is 0 Å². The fourth-order valence-corrected chi connectivity index (χ4v) is 1.58. The topological polar surface area (TPSA) is 26.3 Å². The third-order valence-electron chi connectivity index (χ3n) is 1.31. The Labute approximate surface area is 79.6 Å². The van der Waals surface area contributed by atoms with E-state index in [1.54, 1.807) is 18.2 Å². The second kappa shape index (κ2) is 4.53. The Kier molecular flexibility index (Phi) is 3.61. The molecular weight excluding hydrogens is 216 g/mol. The summed E-state index contributed by atoms with van der Waals surface area (Å²) in [7, 11) is -2.41. The zero-order valence-corrected chi connectivity index (χ0v) is 7.89. The van der Waals surface area contributed by atoms with E-state index < -0.39 is 20.8 Å². The Morgan fingerprint density at radius 1 is 1.21 bits per heavy atom. The van der Waals surface area contributed by atoms with Crippen molar-refractivity contribution in [3.05, 3.63) is 30.3 Å². The van der Waals surface area contributed by atoms with Crippen LogP contribution in [0.5, 0.6) is 0 Å². The Hall–Kier alpha value is -0.930. The summed E-state index contributed by atoms with van der Waals surface area (Å²) in [4.78, 5) is 0. The first-order valence-corrected chi connectivity index (χ1v) is 4.89. The molecule has 0 aromatic heterocycles. The molecule has 0 saturated heterocycles. The van der Waals surface area contributed by atoms with Gasteiger partial charge in [-0.3, -0.25) is 0 Å². The van der Waals surface area contributed by atoms with Crippen molar-refractivity contribution in [1.82, 2.24) is 0 Å². The Balaban J connectivity index is 2.52. The van der Waals surface area contributed by atoms with Crippen molar-refractivity contribution in [3.63, 3.8) is 0 Å². The van der Waals surface area contributed by atoms with E-state index in [2.05, 4.69) is 4.52 Å². The van der Waals surface area contributed by atoms with E-state index >= 15 is 0 Å². The summed E-state index contributed by atoms with van der Waals surface area (Å²) in [5, 5.41) is 0.256. The SMILES string of the molecule is O=[P+](OCC(F)(F)F)c1ccccc1. The first-order chi connectivity index (χ1) is 6.49. The van der Waals surface area contributed by atoms with Crippen LogP contribution in [-0.2, 0) is 9.09 Å². The van der Waals surface area contributed by atoms with Gasteiger partial charge in [0.15, 0.2) is 6.61 Å². The molecule has 0 fully saturated rings. The maximum atomic E-state index is 11.7. The van der Waals surface area contributed by atoms with Gasteiger partial charge in [0, 0.05) is 0 Å². The lowest BCUT2D eigenvalue weighted by atomic mass is 10.4. The molecule has 0 spiro atoms. The van der Waals surface area contributed by atoms with Crippen LogP contribution in [0.15, 0.2) is 30.3 Å². The fraction of sp³-hybridized carbons (Fsp3) is 0.250. The van der Waals surface area contributed by atoms with E-state index in [1.165, 1.54) is 12.1 Å². The third kappa shape index (κ3) is 3.85. The molecule has 0 amide bonds. The first-order valence-electron chi connectivity index (χ1n) is 3.71. The number of benzene rings is 1. The number of hydrogen-bond donors (Lipinski definition) is 0. The van der Waals surface area contributed by atoms with E-state index in [9.17, 15) is 17.7 Å². The van der Waals surface area contributed by atoms with E-state index in [4.69, 9.17) is 0 Å². The molecule has 1 aromatic carbocycles. The Morgan fingerprint density at radius 2 is 1.79 bits per heavy atom. The van der Waals surface area contributed by atoms with Gasteiger partial charge in [0.05, 0.1) is 0 Å². The summed E-state index contributed by atoms with van der Waals surface area (Å²) in [6, 6.07) is 7.75. The molecule has 0 aliphatic rings. The highest BCUT2D eigenvalue weighted by Crippen LogP contribution is 2.26. The van der Waals surface area contributed by atoms with Crippen molar-refractivity contribution in [2.45, 2.75) is 6.18 Å². The zero-order valence-electron chi connectivity index (χ0n) is 6.99. The first kappa shape index (κ1) is 11.1. The van der Waals surface area contributed by atoms with E-state index in [1.807, 2.05) is 0 Å². The van der Waals surface area contributed by atoms with Gasteiger partial charge < -0.3 is 0 Å². The van der Waals surface area contributed by atoms with Crippen molar-refractivity contribution in [1.29, 1.82) is 0 Å². The highest BCUT2D eigenvalue weighted by atomic mass is 31.1. The van der Waals surface area contributed by atoms with Gasteiger partial charge in [-0.15, -0.1) is 4.52 Å². The van der Waals surface area contributed by atoms with Gasteiger partial charge in [0.1, 0.15) is 0 Å². The Morgan fingerprint density at radius 3 is 2.29 bits per heavy atom. The lowest BCUT2D eigenvalue weighted by Crippen LogP contribution is -2.15. The van der Waals surface area contributed by atoms with Gasteiger partial charge in [-0.1, -0.05) is 18.2 Å². The van der Waals surface area contributed by atoms with Crippen LogP contribution in [-0.4, -0.2) is 12.8 Å². The predicted molar refractivity (Wildman–Crippen MR) is 45.7 cm³/mol. The fourth-order valence-electron chi connectivity index (χ4n) is 0.756. The molecule has 1 rings (SSSR count). The molecule has 0 saturated carbocycles. The monoisotopic (exact) mass is 223 g/mol. The standard InChI is InChI=1S/C8H7F3O2P/c9-8(10,11)6-13-14(12)7-4-2-1-3-5-7/h1-5H,6H2/q+1. The van der Waals surface area contributed by atoms with Crippen LogP contribution < -0.4 is 5.30 Å². The molecule has 0 aliphatic heterocycles. The normalized spacial score (nSPS) is 12.6. The summed E-state index contributed by atoms with van der Waals surface area (Å²) in [6.07, 6.45) is -4.44. The molecule has 14 heavy (non-hydrogen) atoms. The van der Waals surface area contributed by atoms with Crippen LogP contribution in [0.2, 0.25) is 0 Å². The van der Waals surface area contributed by atoms with Gasteiger partial charge in [0.25, 0.3) is 0 Å². The van der Waals surface area contributed by atoms with Crippen LogP contribution in [0.3, 0.4) is 0 Å². The van der Waals surface area contributed by atoms with Crippen LogP contribution >= 0.6 is 8.03 Å². The third-order valence-corrected chi connectivity index (χ3v) is 2.40. The Bertz CT molecular complexity index is 310. The summed E-state index contributed by atoms with van der Waals surface area (Å²) in [5.41, 5.74) is 0. The van der Waals surface area contributed by atoms with Crippen LogP contribution in [0, 0.1) is 0 Å². The average Bonchev–Trinajstić information content (AvgIpc) is 2.14. The molecule has 0 bridgehead atoms. The van der Waals surface area contributed by atoms with Gasteiger partial charge in [-0.05, 0) is 16.7 Å². The summed E-state index contributed by atoms with van der Waals surface area (Å²) in [6.45, 7) is -1.49. The van der Waals surface area contributed by atoms with Crippen LogP contribution in [0.4, 0.5) is 13.2 Å². The zero-order chi connectivity index (χ0) is 10.6. The van der Waals surface area contributed by atoms with Crippen molar-refractivity contribution in [3.8, 4) is 0 Å². The second-order valence-electron chi connectivity index (χ2n) is 2.48. The maximum Gasteiger partial charge on any atom is 0.549 e. The van der Waals surface area contributed by atoms with Crippen molar-refractivity contribution in [2.24, 2.45) is 0 Å². The number of halogens is 3. The number of hydrogen-bond acceptors (Lipinski definition) is 2. The van der Waals surface area contributed by atoms with Crippen LogP contribution in [0.1, 0.15) is 0 Å². The molecule has 6 heteroatoms. The van der Waals surface area contributed by atoms with Crippen LogP contribution in [0.25, 0.3) is 0 Å². The highest BCUT2D eigenvalue weighted by Gasteiger charge is 2.34. The van der Waals surface area contributed by atoms with E-state index in [-0.39, 0.29) is 5.30 Å². The largest absolute Gasteiger partial charge is 0.549 e. The number of rotatable bonds is 3. The number of alkyl halides is 3. The molecule has 0 N–H and O–H groups in total. The van der Waals surface area contributed by atoms with Crippen molar-refractivity contribution < 1.29 is 22.3 Å². The molecular formula is C8H7F3O2P+. The lowest BCUT2D eigenvalue weighted by Gasteiger charge is -1.98. The quantitative estimate of drug-likeness (QED) is 0.736. The summed E-state index contributed by atoms with van der Waals surface area (Å²) >= 11 is 0. The van der Waals surface area contributed by atoms with Gasteiger partial charge in [-0.2, -0.15) is 13.2 Å². The smallest absolute Gasteiger partial charge is 0.168 e. The molecule has 1 aromatic rings.